The van der Waals surface area contributed by atoms with Gasteiger partial charge in [0, 0.05) is 5.75 Å². The SMILES string of the molecule is C=CCSC1C(c2ccccc2)=Cc2cccc3cccc1c23. The van der Waals surface area contributed by atoms with E-state index in [-0.39, 0.29) is 0 Å². The zero-order valence-corrected chi connectivity index (χ0v) is 13.7. The third-order valence-corrected chi connectivity index (χ3v) is 5.60. The van der Waals surface area contributed by atoms with Gasteiger partial charge in [-0.1, -0.05) is 72.8 Å². The molecule has 0 heterocycles. The van der Waals surface area contributed by atoms with Gasteiger partial charge in [0.25, 0.3) is 0 Å². The fourth-order valence-electron chi connectivity index (χ4n) is 3.36. The molecule has 0 N–H and O–H groups in total. The van der Waals surface area contributed by atoms with E-state index >= 15 is 0 Å². The molecule has 0 fully saturated rings. The Morgan fingerprint density at radius 3 is 2.48 bits per heavy atom. The van der Waals surface area contributed by atoms with Crippen LogP contribution in [0, 0.1) is 0 Å². The smallest absolute Gasteiger partial charge is 0.0562 e. The van der Waals surface area contributed by atoms with Crippen molar-refractivity contribution in [2.45, 2.75) is 5.25 Å². The van der Waals surface area contributed by atoms with Crippen LogP contribution in [0.4, 0.5) is 0 Å². The van der Waals surface area contributed by atoms with E-state index in [4.69, 9.17) is 0 Å². The lowest BCUT2D eigenvalue weighted by Crippen LogP contribution is -2.05. The third-order valence-electron chi connectivity index (χ3n) is 4.33. The minimum atomic E-state index is 0.356. The summed E-state index contributed by atoms with van der Waals surface area (Å²) in [6, 6.07) is 24.0. The summed E-state index contributed by atoms with van der Waals surface area (Å²) in [5.41, 5.74) is 5.45. The number of rotatable bonds is 4. The van der Waals surface area contributed by atoms with Crippen LogP contribution in [0.1, 0.15) is 21.9 Å². The van der Waals surface area contributed by atoms with Gasteiger partial charge in [0.15, 0.2) is 0 Å². The molecule has 0 saturated heterocycles. The van der Waals surface area contributed by atoms with Gasteiger partial charge in [0.05, 0.1) is 5.25 Å². The Kier molecular flexibility index (Phi) is 3.80. The molecule has 0 spiro atoms. The topological polar surface area (TPSA) is 0 Å². The second-order valence-electron chi connectivity index (χ2n) is 5.76. The third kappa shape index (κ3) is 2.51. The summed E-state index contributed by atoms with van der Waals surface area (Å²) in [5, 5.41) is 3.08. The molecular formula is C22H18S. The molecule has 0 amide bonds. The van der Waals surface area contributed by atoms with Gasteiger partial charge in [-0.3, -0.25) is 0 Å². The first-order chi connectivity index (χ1) is 11.4. The van der Waals surface area contributed by atoms with Gasteiger partial charge in [-0.25, -0.2) is 0 Å². The zero-order chi connectivity index (χ0) is 15.6. The molecule has 112 valence electrons. The van der Waals surface area contributed by atoms with Crippen molar-refractivity contribution in [1.82, 2.24) is 0 Å². The maximum atomic E-state index is 3.90. The predicted molar refractivity (Wildman–Crippen MR) is 104 cm³/mol. The highest BCUT2D eigenvalue weighted by atomic mass is 32.2. The summed E-state index contributed by atoms with van der Waals surface area (Å²) in [6.07, 6.45) is 4.36. The van der Waals surface area contributed by atoms with E-state index in [0.29, 0.717) is 5.25 Å². The maximum absolute atomic E-state index is 3.90. The fourth-order valence-corrected chi connectivity index (χ4v) is 4.45. The second kappa shape index (κ2) is 6.10. The number of benzene rings is 3. The lowest BCUT2D eigenvalue weighted by Gasteiger charge is -2.27. The summed E-state index contributed by atoms with van der Waals surface area (Å²) >= 11 is 1.95. The molecule has 0 aliphatic heterocycles. The highest BCUT2D eigenvalue weighted by molar-refractivity contribution is 8.00. The number of thioether (sulfide) groups is 1. The van der Waals surface area contributed by atoms with Crippen molar-refractivity contribution < 1.29 is 0 Å². The van der Waals surface area contributed by atoms with E-state index < -0.39 is 0 Å². The largest absolute Gasteiger partial charge is 0.145 e. The average Bonchev–Trinajstić information content (AvgIpc) is 2.62. The van der Waals surface area contributed by atoms with E-state index in [9.17, 15) is 0 Å². The Labute approximate surface area is 141 Å². The van der Waals surface area contributed by atoms with Crippen molar-refractivity contribution in [2.24, 2.45) is 0 Å². The Hall–Kier alpha value is -2.25. The van der Waals surface area contributed by atoms with Gasteiger partial charge in [0.2, 0.25) is 0 Å². The molecule has 0 nitrogen and oxygen atoms in total. The first-order valence-electron chi connectivity index (χ1n) is 7.89. The molecule has 3 aromatic rings. The average molecular weight is 314 g/mol. The Morgan fingerprint density at radius 2 is 1.70 bits per heavy atom. The predicted octanol–water partition coefficient (Wildman–Crippen LogP) is 6.35. The highest BCUT2D eigenvalue weighted by Gasteiger charge is 2.25. The van der Waals surface area contributed by atoms with Crippen LogP contribution in [0.25, 0.3) is 22.4 Å². The zero-order valence-electron chi connectivity index (χ0n) is 12.9. The molecular weight excluding hydrogens is 296 g/mol. The quantitative estimate of drug-likeness (QED) is 0.505. The summed E-state index contributed by atoms with van der Waals surface area (Å²) in [4.78, 5) is 0. The van der Waals surface area contributed by atoms with Crippen LogP contribution in [0.3, 0.4) is 0 Å². The first kappa shape index (κ1) is 14.3. The summed E-state index contributed by atoms with van der Waals surface area (Å²) in [5.74, 6) is 0.952. The molecule has 0 radical (unpaired) electrons. The molecule has 1 heteroatoms. The van der Waals surface area contributed by atoms with Crippen LogP contribution in [0.5, 0.6) is 0 Å². The Bertz CT molecular complexity index is 885. The standard InChI is InChI=1S/C22H18S/c1-2-14-23-22-19-13-7-11-17-10-6-12-18(21(17)19)15-20(22)16-8-4-3-5-9-16/h2-13,15,22H,1,14H2. The van der Waals surface area contributed by atoms with Gasteiger partial charge in [-0.05, 0) is 39.1 Å². The summed E-state index contributed by atoms with van der Waals surface area (Å²) in [7, 11) is 0. The molecule has 4 rings (SSSR count). The minimum Gasteiger partial charge on any atom is -0.145 e. The van der Waals surface area contributed by atoms with Gasteiger partial charge in [-0.15, -0.1) is 18.3 Å². The van der Waals surface area contributed by atoms with Crippen molar-refractivity contribution in [2.75, 3.05) is 5.75 Å². The van der Waals surface area contributed by atoms with Gasteiger partial charge in [-0.2, -0.15) is 0 Å². The normalized spacial score (nSPS) is 16.2. The molecule has 1 atom stereocenters. The van der Waals surface area contributed by atoms with Crippen LogP contribution < -0.4 is 0 Å². The lowest BCUT2D eigenvalue weighted by atomic mass is 9.86. The van der Waals surface area contributed by atoms with Crippen LogP contribution >= 0.6 is 11.8 Å². The van der Waals surface area contributed by atoms with Gasteiger partial charge >= 0.3 is 0 Å². The first-order valence-corrected chi connectivity index (χ1v) is 8.94. The number of hydrogen-bond acceptors (Lipinski definition) is 1. The summed E-state index contributed by atoms with van der Waals surface area (Å²) in [6.45, 7) is 3.90. The van der Waals surface area contributed by atoms with E-state index in [1.807, 2.05) is 17.8 Å². The molecule has 1 aliphatic rings. The van der Waals surface area contributed by atoms with Crippen LogP contribution in [-0.2, 0) is 0 Å². The molecule has 3 aromatic carbocycles. The van der Waals surface area contributed by atoms with E-state index in [2.05, 4.69) is 79.4 Å². The van der Waals surface area contributed by atoms with Gasteiger partial charge < -0.3 is 0 Å². The van der Waals surface area contributed by atoms with E-state index in [1.165, 1.54) is 33.0 Å². The monoisotopic (exact) mass is 314 g/mol. The minimum absolute atomic E-state index is 0.356. The van der Waals surface area contributed by atoms with Crippen LogP contribution in [0.15, 0.2) is 79.4 Å². The van der Waals surface area contributed by atoms with E-state index in [1.54, 1.807) is 0 Å². The van der Waals surface area contributed by atoms with E-state index in [0.717, 1.165) is 5.75 Å². The molecule has 0 saturated carbocycles. The Balaban J connectivity index is 1.96. The molecule has 1 unspecified atom stereocenters. The molecule has 0 bridgehead atoms. The second-order valence-corrected chi connectivity index (χ2v) is 6.90. The Morgan fingerprint density at radius 1 is 0.913 bits per heavy atom. The van der Waals surface area contributed by atoms with Crippen molar-refractivity contribution in [3.05, 3.63) is 96.1 Å². The summed E-state index contributed by atoms with van der Waals surface area (Å²) < 4.78 is 0. The highest BCUT2D eigenvalue weighted by Crippen LogP contribution is 2.48. The van der Waals surface area contributed by atoms with Crippen molar-refractivity contribution in [3.63, 3.8) is 0 Å². The molecule has 0 aromatic heterocycles. The molecule has 23 heavy (non-hydrogen) atoms. The molecule has 1 aliphatic carbocycles. The van der Waals surface area contributed by atoms with Crippen molar-refractivity contribution in [3.8, 4) is 0 Å². The maximum Gasteiger partial charge on any atom is 0.0562 e. The van der Waals surface area contributed by atoms with Crippen molar-refractivity contribution >= 4 is 34.2 Å². The number of hydrogen-bond donors (Lipinski definition) is 0. The van der Waals surface area contributed by atoms with Crippen molar-refractivity contribution in [1.29, 1.82) is 0 Å². The van der Waals surface area contributed by atoms with Gasteiger partial charge in [0.1, 0.15) is 0 Å². The lowest BCUT2D eigenvalue weighted by molar-refractivity contribution is 1.26. The van der Waals surface area contributed by atoms with Crippen LogP contribution in [0.2, 0.25) is 0 Å². The van der Waals surface area contributed by atoms with Crippen LogP contribution in [-0.4, -0.2) is 5.75 Å². The fraction of sp³-hybridized carbons (Fsp3) is 0.0909.